The zero-order valence-electron chi connectivity index (χ0n) is 12.5. The smallest absolute Gasteiger partial charge is 0.238 e. The molecule has 2 N–H and O–H groups in total. The molecule has 112 valence electrons. The quantitative estimate of drug-likeness (QED) is 0.758. The van der Waals surface area contributed by atoms with Crippen molar-refractivity contribution in [2.45, 2.75) is 6.54 Å². The van der Waals surface area contributed by atoms with Crippen LogP contribution in [0, 0.1) is 0 Å². The fraction of sp³-hybridized carbons (Fsp3) is 0.167. The summed E-state index contributed by atoms with van der Waals surface area (Å²) >= 11 is 0. The van der Waals surface area contributed by atoms with Gasteiger partial charge in [0.25, 0.3) is 0 Å². The van der Waals surface area contributed by atoms with E-state index in [0.29, 0.717) is 6.54 Å². The van der Waals surface area contributed by atoms with Crippen LogP contribution in [0.4, 0.5) is 5.69 Å². The summed E-state index contributed by atoms with van der Waals surface area (Å²) in [5.74, 6) is -0.00729. The molecule has 2 aromatic carbocycles. The fourth-order valence-electron chi connectivity index (χ4n) is 2.58. The summed E-state index contributed by atoms with van der Waals surface area (Å²) in [6, 6.07) is 18.0. The topological polar surface area (TPSA) is 48.1 Å². The number of amides is 1. The molecule has 0 saturated heterocycles. The molecule has 0 bridgehead atoms. The number of hydrogen-bond donors (Lipinski definition) is 2. The average Bonchev–Trinajstić information content (AvgIpc) is 2.97. The van der Waals surface area contributed by atoms with Gasteiger partial charge in [0.2, 0.25) is 5.91 Å². The number of aromatic nitrogens is 1. The Labute approximate surface area is 129 Å². The summed E-state index contributed by atoms with van der Waals surface area (Å²) in [6.45, 7) is 1.11. The van der Waals surface area contributed by atoms with Crippen LogP contribution in [0.15, 0.2) is 60.8 Å². The van der Waals surface area contributed by atoms with Crippen LogP contribution in [0.1, 0.15) is 5.56 Å². The number of aromatic amines is 1. The first-order valence-electron chi connectivity index (χ1n) is 7.31. The van der Waals surface area contributed by atoms with Crippen LogP contribution in [0.25, 0.3) is 10.9 Å². The molecule has 22 heavy (non-hydrogen) atoms. The number of nitrogens with zero attached hydrogens (tertiary/aromatic N) is 1. The van der Waals surface area contributed by atoms with Gasteiger partial charge in [-0.2, -0.15) is 0 Å². The molecule has 0 aliphatic rings. The van der Waals surface area contributed by atoms with E-state index in [1.165, 1.54) is 5.56 Å². The highest BCUT2D eigenvalue weighted by Gasteiger charge is 2.09. The number of anilines is 1. The molecule has 3 aromatic rings. The molecule has 0 radical (unpaired) electrons. The van der Waals surface area contributed by atoms with Crippen LogP contribution in [0.3, 0.4) is 0 Å². The van der Waals surface area contributed by atoms with E-state index >= 15 is 0 Å². The summed E-state index contributed by atoms with van der Waals surface area (Å²) in [6.07, 6.45) is 1.88. The zero-order chi connectivity index (χ0) is 15.4. The van der Waals surface area contributed by atoms with Crippen LogP contribution in [0.5, 0.6) is 0 Å². The summed E-state index contributed by atoms with van der Waals surface area (Å²) in [5, 5.41) is 4.02. The lowest BCUT2D eigenvalue weighted by Crippen LogP contribution is -2.29. The highest BCUT2D eigenvalue weighted by atomic mass is 16.2. The fourth-order valence-corrected chi connectivity index (χ4v) is 2.58. The van der Waals surface area contributed by atoms with Crippen LogP contribution < -0.4 is 5.32 Å². The summed E-state index contributed by atoms with van der Waals surface area (Å²) in [5.41, 5.74) is 3.07. The van der Waals surface area contributed by atoms with Gasteiger partial charge in [0.15, 0.2) is 0 Å². The van der Waals surface area contributed by atoms with Crippen molar-refractivity contribution in [3.63, 3.8) is 0 Å². The third-order valence-corrected chi connectivity index (χ3v) is 3.58. The monoisotopic (exact) mass is 293 g/mol. The van der Waals surface area contributed by atoms with Gasteiger partial charge in [0, 0.05) is 23.6 Å². The lowest BCUT2D eigenvalue weighted by atomic mass is 10.2. The predicted molar refractivity (Wildman–Crippen MR) is 89.7 cm³/mol. The lowest BCUT2D eigenvalue weighted by Gasteiger charge is -2.16. The molecule has 3 rings (SSSR count). The lowest BCUT2D eigenvalue weighted by molar-refractivity contribution is -0.117. The van der Waals surface area contributed by atoms with E-state index in [9.17, 15) is 4.79 Å². The van der Waals surface area contributed by atoms with Crippen molar-refractivity contribution in [3.8, 4) is 0 Å². The van der Waals surface area contributed by atoms with Crippen LogP contribution in [0.2, 0.25) is 0 Å². The van der Waals surface area contributed by atoms with E-state index in [-0.39, 0.29) is 5.91 Å². The van der Waals surface area contributed by atoms with Crippen LogP contribution in [-0.2, 0) is 11.3 Å². The first-order valence-corrected chi connectivity index (χ1v) is 7.31. The van der Waals surface area contributed by atoms with E-state index in [2.05, 4.69) is 22.4 Å². The second-order valence-corrected chi connectivity index (χ2v) is 5.45. The number of carbonyl (C=O) groups excluding carboxylic acids is 1. The van der Waals surface area contributed by atoms with Gasteiger partial charge in [0.1, 0.15) is 0 Å². The number of nitrogens with one attached hydrogen (secondary N) is 2. The Hall–Kier alpha value is -2.59. The third kappa shape index (κ3) is 3.35. The minimum absolute atomic E-state index is 0.00729. The van der Waals surface area contributed by atoms with E-state index < -0.39 is 0 Å². The molecule has 1 heterocycles. The summed E-state index contributed by atoms with van der Waals surface area (Å²) in [7, 11) is 1.95. The van der Waals surface area contributed by atoms with E-state index in [0.717, 1.165) is 23.1 Å². The van der Waals surface area contributed by atoms with Gasteiger partial charge in [0.05, 0.1) is 12.2 Å². The van der Waals surface area contributed by atoms with Gasteiger partial charge in [-0.1, -0.05) is 36.4 Å². The molecule has 0 aliphatic heterocycles. The summed E-state index contributed by atoms with van der Waals surface area (Å²) < 4.78 is 0. The molecule has 0 aliphatic carbocycles. The maximum Gasteiger partial charge on any atom is 0.238 e. The normalized spacial score (nSPS) is 11.0. The van der Waals surface area contributed by atoms with Gasteiger partial charge in [-0.3, -0.25) is 9.69 Å². The van der Waals surface area contributed by atoms with Gasteiger partial charge in [-0.15, -0.1) is 0 Å². The Balaban J connectivity index is 1.61. The van der Waals surface area contributed by atoms with Crippen molar-refractivity contribution in [2.24, 2.45) is 0 Å². The van der Waals surface area contributed by atoms with Gasteiger partial charge >= 0.3 is 0 Å². The van der Waals surface area contributed by atoms with Crippen molar-refractivity contribution in [3.05, 3.63) is 66.4 Å². The number of carbonyl (C=O) groups is 1. The highest BCUT2D eigenvalue weighted by Crippen LogP contribution is 2.21. The van der Waals surface area contributed by atoms with Crippen molar-refractivity contribution < 1.29 is 4.79 Å². The molecule has 1 amide bonds. The molecule has 0 fully saturated rings. The number of hydrogen-bond acceptors (Lipinski definition) is 2. The first kappa shape index (κ1) is 14.4. The van der Waals surface area contributed by atoms with Gasteiger partial charge in [-0.05, 0) is 30.8 Å². The van der Waals surface area contributed by atoms with Crippen molar-refractivity contribution in [2.75, 3.05) is 18.9 Å². The van der Waals surface area contributed by atoms with Crippen LogP contribution >= 0.6 is 0 Å². The number of likely N-dealkylation sites (N-methyl/N-ethyl adjacent to an activating group) is 1. The van der Waals surface area contributed by atoms with Crippen molar-refractivity contribution >= 4 is 22.5 Å². The number of fused-ring (bicyclic) bond motifs is 1. The van der Waals surface area contributed by atoms with Crippen LogP contribution in [-0.4, -0.2) is 29.4 Å². The van der Waals surface area contributed by atoms with Crippen molar-refractivity contribution in [1.29, 1.82) is 0 Å². The molecule has 4 nitrogen and oxygen atoms in total. The Bertz CT molecular complexity index is 764. The number of rotatable bonds is 5. The molecule has 0 unspecified atom stereocenters. The SMILES string of the molecule is CN(CC(=O)Nc1cccc2[nH]ccc12)Cc1ccccc1. The van der Waals surface area contributed by atoms with Gasteiger partial charge in [-0.25, -0.2) is 0 Å². The number of benzene rings is 2. The Morgan fingerprint density at radius 3 is 2.73 bits per heavy atom. The first-order chi connectivity index (χ1) is 10.7. The molecule has 0 spiro atoms. The van der Waals surface area contributed by atoms with E-state index in [1.807, 2.05) is 60.6 Å². The zero-order valence-corrected chi connectivity index (χ0v) is 12.5. The Kier molecular flexibility index (Phi) is 4.21. The molecule has 0 saturated carbocycles. The van der Waals surface area contributed by atoms with E-state index in [1.54, 1.807) is 0 Å². The predicted octanol–water partition coefficient (Wildman–Crippen LogP) is 3.24. The van der Waals surface area contributed by atoms with Gasteiger partial charge < -0.3 is 10.3 Å². The maximum atomic E-state index is 12.2. The molecule has 1 aromatic heterocycles. The van der Waals surface area contributed by atoms with E-state index in [4.69, 9.17) is 0 Å². The maximum absolute atomic E-state index is 12.2. The molecular weight excluding hydrogens is 274 g/mol. The second kappa shape index (κ2) is 6.45. The second-order valence-electron chi connectivity index (χ2n) is 5.45. The minimum Gasteiger partial charge on any atom is -0.361 e. The van der Waals surface area contributed by atoms with Crippen molar-refractivity contribution in [1.82, 2.24) is 9.88 Å². The largest absolute Gasteiger partial charge is 0.361 e. The molecule has 0 atom stereocenters. The third-order valence-electron chi connectivity index (χ3n) is 3.58. The standard InChI is InChI=1S/C18H19N3O/c1-21(12-14-6-3-2-4-7-14)13-18(22)20-17-9-5-8-16-15(17)10-11-19-16/h2-11,19H,12-13H2,1H3,(H,20,22). The highest BCUT2D eigenvalue weighted by molar-refractivity contribution is 6.01. The summed E-state index contributed by atoms with van der Waals surface area (Å²) in [4.78, 5) is 17.4. The minimum atomic E-state index is -0.00729. The molecular formula is C18H19N3O. The average molecular weight is 293 g/mol. The number of H-pyrrole nitrogens is 1. The Morgan fingerprint density at radius 2 is 1.91 bits per heavy atom. The molecule has 4 heteroatoms. The Morgan fingerprint density at radius 1 is 1.09 bits per heavy atom.